The molecule has 1 radical (unpaired) electrons. The molecule has 3 unspecified atom stereocenters. The van der Waals surface area contributed by atoms with Gasteiger partial charge in [-0.2, -0.15) is 0 Å². The minimum absolute atomic E-state index is 0. The maximum atomic E-state index is 2.44. The second-order valence-electron chi connectivity index (χ2n) is 10.0. The fourth-order valence-electron chi connectivity index (χ4n) is 5.84. The van der Waals surface area contributed by atoms with Crippen molar-refractivity contribution >= 4 is 21.5 Å². The van der Waals surface area contributed by atoms with Gasteiger partial charge in [-0.05, 0) is 55.8 Å². The van der Waals surface area contributed by atoms with E-state index in [-0.39, 0.29) is 16.8 Å². The third-order valence-electron chi connectivity index (χ3n) is 7.45. The van der Waals surface area contributed by atoms with Crippen LogP contribution in [0.2, 0.25) is 0 Å². The molecule has 1 saturated carbocycles. The Labute approximate surface area is 205 Å². The van der Waals surface area contributed by atoms with Crippen molar-refractivity contribution in [3.05, 3.63) is 78.4 Å². The Morgan fingerprint density at radius 3 is 1.66 bits per heavy atom. The first-order chi connectivity index (χ1) is 15.2. The number of rotatable bonds is 2. The maximum absolute atomic E-state index is 2.44. The SMILES string of the molecule is C1=CCCC=CCC1.CC1CCC(C(C)C)C([c-]2c3ccccc3c3ccccc32)C1.[Co]. The van der Waals surface area contributed by atoms with Gasteiger partial charge in [-0.1, -0.05) is 94.3 Å². The molecule has 3 atom stereocenters. The zero-order valence-electron chi connectivity index (χ0n) is 20.0. The van der Waals surface area contributed by atoms with Gasteiger partial charge in [0.15, 0.2) is 0 Å². The summed E-state index contributed by atoms with van der Waals surface area (Å²) in [6, 6.07) is 18.1. The summed E-state index contributed by atoms with van der Waals surface area (Å²) in [4.78, 5) is 0. The summed E-state index contributed by atoms with van der Waals surface area (Å²) >= 11 is 0. The van der Waals surface area contributed by atoms with Gasteiger partial charge in [0.1, 0.15) is 0 Å². The monoisotopic (exact) mass is 470 g/mol. The van der Waals surface area contributed by atoms with Crippen molar-refractivity contribution in [1.82, 2.24) is 0 Å². The second-order valence-corrected chi connectivity index (χ2v) is 10.0. The summed E-state index contributed by atoms with van der Waals surface area (Å²) < 4.78 is 0. The van der Waals surface area contributed by atoms with Gasteiger partial charge >= 0.3 is 0 Å². The summed E-state index contributed by atoms with van der Waals surface area (Å²) in [6.07, 6.45) is 18.1. The van der Waals surface area contributed by atoms with Crippen molar-refractivity contribution < 1.29 is 16.8 Å². The van der Waals surface area contributed by atoms with Crippen LogP contribution in [0.1, 0.15) is 77.2 Å². The van der Waals surface area contributed by atoms with Crippen molar-refractivity contribution in [3.63, 3.8) is 0 Å². The molecule has 0 heterocycles. The van der Waals surface area contributed by atoms with E-state index in [0.717, 1.165) is 17.8 Å². The standard InChI is InChI=1S/C23H27.C8H12.Co/c1-15(2)17-13-12-16(3)14-22(17)23-20-10-6-4-8-18(20)19-9-5-7-11-21(19)23;1-2-4-6-8-7-5-3-1;/h4-11,15-17,22H,12-14H2,1-3H3;1-2,7-8H,3-6H2;/q-1;;. The molecule has 5 rings (SSSR count). The van der Waals surface area contributed by atoms with E-state index >= 15 is 0 Å². The zero-order chi connectivity index (χ0) is 21.6. The van der Waals surface area contributed by atoms with Gasteiger partial charge in [0.2, 0.25) is 0 Å². The van der Waals surface area contributed by atoms with E-state index in [9.17, 15) is 0 Å². The van der Waals surface area contributed by atoms with Gasteiger partial charge in [0.25, 0.3) is 0 Å². The molecular weight excluding hydrogens is 431 g/mol. The maximum Gasteiger partial charge on any atom is 0 e. The van der Waals surface area contributed by atoms with Gasteiger partial charge in [0, 0.05) is 16.8 Å². The Morgan fingerprint density at radius 1 is 0.719 bits per heavy atom. The van der Waals surface area contributed by atoms with Crippen LogP contribution in [0.4, 0.5) is 0 Å². The molecule has 173 valence electrons. The van der Waals surface area contributed by atoms with Gasteiger partial charge in [0.05, 0.1) is 0 Å². The number of fused-ring (bicyclic) bond motifs is 3. The Bertz CT molecular complexity index is 956. The molecule has 0 aliphatic heterocycles. The van der Waals surface area contributed by atoms with Gasteiger partial charge in [-0.15, -0.1) is 39.2 Å². The first kappa shape index (κ1) is 24.9. The van der Waals surface area contributed by atoms with Crippen LogP contribution < -0.4 is 0 Å². The van der Waals surface area contributed by atoms with Crippen LogP contribution in [-0.2, 0) is 16.8 Å². The van der Waals surface area contributed by atoms with E-state index in [1.165, 1.54) is 66.5 Å². The van der Waals surface area contributed by atoms with Crippen LogP contribution in [0.5, 0.6) is 0 Å². The van der Waals surface area contributed by atoms with Crippen molar-refractivity contribution in [2.75, 3.05) is 0 Å². The summed E-state index contributed by atoms with van der Waals surface area (Å²) in [5, 5.41) is 5.88. The smallest absolute Gasteiger partial charge is 0 e. The minimum Gasteiger partial charge on any atom is -0.120 e. The van der Waals surface area contributed by atoms with E-state index in [2.05, 4.69) is 93.6 Å². The molecule has 32 heavy (non-hydrogen) atoms. The van der Waals surface area contributed by atoms with Crippen LogP contribution in [-0.4, -0.2) is 0 Å². The molecule has 2 aliphatic rings. The predicted molar refractivity (Wildman–Crippen MR) is 138 cm³/mol. The number of hydrogen-bond acceptors (Lipinski definition) is 0. The Balaban J connectivity index is 0.000000274. The van der Waals surface area contributed by atoms with Gasteiger partial charge in [-0.3, -0.25) is 0 Å². The van der Waals surface area contributed by atoms with Crippen LogP contribution in [0.3, 0.4) is 0 Å². The van der Waals surface area contributed by atoms with Crippen molar-refractivity contribution in [1.29, 1.82) is 0 Å². The number of benzene rings is 2. The molecule has 0 nitrogen and oxygen atoms in total. The molecule has 0 saturated heterocycles. The zero-order valence-corrected chi connectivity index (χ0v) is 21.1. The van der Waals surface area contributed by atoms with E-state index in [4.69, 9.17) is 0 Å². The summed E-state index contributed by atoms with van der Waals surface area (Å²) in [5.74, 6) is 3.14. The predicted octanol–water partition coefficient (Wildman–Crippen LogP) is 9.56. The second kappa shape index (κ2) is 12.0. The molecule has 0 aromatic heterocycles. The normalized spacial score (nSPS) is 23.3. The van der Waals surface area contributed by atoms with E-state index in [1.807, 2.05) is 0 Å². The molecule has 3 aromatic rings. The van der Waals surface area contributed by atoms with Gasteiger partial charge < -0.3 is 0 Å². The number of allylic oxidation sites excluding steroid dienone is 4. The quantitative estimate of drug-likeness (QED) is 0.258. The first-order valence-electron chi connectivity index (χ1n) is 12.5. The number of hydrogen-bond donors (Lipinski definition) is 0. The van der Waals surface area contributed by atoms with E-state index in [1.54, 1.807) is 5.56 Å². The third kappa shape index (κ3) is 5.61. The molecular formula is C31H39Co-. The first-order valence-corrected chi connectivity index (χ1v) is 12.5. The average Bonchev–Trinajstić information content (AvgIpc) is 3.08. The van der Waals surface area contributed by atoms with Crippen molar-refractivity contribution in [2.45, 2.75) is 71.6 Å². The Hall–Kier alpha value is -1.70. The van der Waals surface area contributed by atoms with Crippen LogP contribution >= 0.6 is 0 Å². The summed E-state index contributed by atoms with van der Waals surface area (Å²) in [5.41, 5.74) is 1.64. The molecule has 1 fully saturated rings. The Morgan fingerprint density at radius 2 is 1.19 bits per heavy atom. The minimum atomic E-state index is 0. The summed E-state index contributed by atoms with van der Waals surface area (Å²) in [6.45, 7) is 7.28. The summed E-state index contributed by atoms with van der Waals surface area (Å²) in [7, 11) is 0. The largest absolute Gasteiger partial charge is 0.120 e. The fourth-order valence-corrected chi connectivity index (χ4v) is 5.84. The molecule has 0 spiro atoms. The van der Waals surface area contributed by atoms with Crippen molar-refractivity contribution in [3.8, 4) is 0 Å². The van der Waals surface area contributed by atoms with E-state index in [0.29, 0.717) is 5.92 Å². The molecule has 1 heteroatoms. The molecule has 2 aliphatic carbocycles. The van der Waals surface area contributed by atoms with Crippen LogP contribution in [0.25, 0.3) is 21.5 Å². The van der Waals surface area contributed by atoms with Crippen LogP contribution in [0.15, 0.2) is 72.8 Å². The molecule has 0 amide bonds. The average molecular weight is 471 g/mol. The van der Waals surface area contributed by atoms with Crippen molar-refractivity contribution in [2.24, 2.45) is 17.8 Å². The fraction of sp³-hybridized carbons (Fsp3) is 0.452. The van der Waals surface area contributed by atoms with Gasteiger partial charge in [-0.25, -0.2) is 0 Å². The van der Waals surface area contributed by atoms with E-state index < -0.39 is 0 Å². The third-order valence-corrected chi connectivity index (χ3v) is 7.45. The topological polar surface area (TPSA) is 0 Å². The molecule has 0 N–H and O–H groups in total. The Kier molecular flexibility index (Phi) is 9.31. The van der Waals surface area contributed by atoms with Crippen LogP contribution in [0, 0.1) is 17.8 Å². The molecule has 0 bridgehead atoms. The molecule has 3 aromatic carbocycles.